The van der Waals surface area contributed by atoms with Crippen LogP contribution < -0.4 is 0 Å². The van der Waals surface area contributed by atoms with E-state index in [0.717, 1.165) is 17.8 Å². The number of hydrogen-bond acceptors (Lipinski definition) is 2. The van der Waals surface area contributed by atoms with Crippen LogP contribution >= 0.6 is 0 Å². The topological polar surface area (TPSA) is 18.5 Å². The first-order valence-electron chi connectivity index (χ1n) is 6.44. The Kier molecular flexibility index (Phi) is 1.56. The highest BCUT2D eigenvalue weighted by atomic mass is 16.5. The highest BCUT2D eigenvalue weighted by molar-refractivity contribution is 5.25. The molecule has 5 fully saturated rings. The smallest absolute Gasteiger partial charge is 0.0655 e. The third-order valence-electron chi connectivity index (χ3n) is 5.72. The van der Waals surface area contributed by atoms with Crippen molar-refractivity contribution in [3.8, 4) is 0 Å². The molecule has 5 rings (SSSR count). The second kappa shape index (κ2) is 2.60. The lowest BCUT2D eigenvalue weighted by molar-refractivity contribution is -0.236. The predicted molar refractivity (Wildman–Crippen MR) is 56.5 cm³/mol. The van der Waals surface area contributed by atoms with E-state index in [1.54, 1.807) is 0 Å². The number of methoxy groups -OCH3 is 1. The van der Waals surface area contributed by atoms with Crippen molar-refractivity contribution >= 4 is 0 Å². The second-order valence-electron chi connectivity index (χ2n) is 6.24. The predicted octanol–water partition coefficient (Wildman–Crippen LogP) is 2.22. The van der Waals surface area contributed by atoms with E-state index in [1.165, 1.54) is 25.7 Å². The summed E-state index contributed by atoms with van der Waals surface area (Å²) in [6.07, 6.45) is 6.97. The van der Waals surface area contributed by atoms with Crippen molar-refractivity contribution in [2.45, 2.75) is 50.9 Å². The summed E-state index contributed by atoms with van der Waals surface area (Å²) < 4.78 is 12.0. The average molecular weight is 208 g/mol. The minimum atomic E-state index is 0.468. The Bertz CT molecular complexity index is 303. The van der Waals surface area contributed by atoms with Crippen LogP contribution in [0.25, 0.3) is 0 Å². The molecular formula is C13H20O2. The summed E-state index contributed by atoms with van der Waals surface area (Å²) in [5.41, 5.74) is 0.683. The van der Waals surface area contributed by atoms with Crippen LogP contribution in [0.2, 0.25) is 0 Å². The molecule has 3 aliphatic carbocycles. The van der Waals surface area contributed by atoms with Gasteiger partial charge in [0, 0.05) is 13.0 Å². The number of ether oxygens (including phenoxy) is 2. The van der Waals surface area contributed by atoms with Crippen molar-refractivity contribution in [2.24, 2.45) is 23.2 Å². The summed E-state index contributed by atoms with van der Waals surface area (Å²) in [4.78, 5) is 0. The van der Waals surface area contributed by atoms with Crippen molar-refractivity contribution in [3.63, 3.8) is 0 Å². The highest BCUT2D eigenvalue weighted by Crippen LogP contribution is 2.77. The molecule has 84 valence electrons. The third kappa shape index (κ3) is 0.898. The summed E-state index contributed by atoms with van der Waals surface area (Å²) in [5.74, 6) is 2.37. The molecule has 0 aromatic heterocycles. The lowest BCUT2D eigenvalue weighted by atomic mass is 9.60. The van der Waals surface area contributed by atoms with Gasteiger partial charge in [0.05, 0.1) is 18.3 Å². The first kappa shape index (κ1) is 9.00. The molecule has 0 aromatic carbocycles. The van der Waals surface area contributed by atoms with Gasteiger partial charge in [-0.05, 0) is 42.9 Å². The fraction of sp³-hybridized carbons (Fsp3) is 1.00. The lowest BCUT2D eigenvalue weighted by Gasteiger charge is -2.56. The maximum atomic E-state index is 6.21. The van der Waals surface area contributed by atoms with Crippen LogP contribution in [0.3, 0.4) is 0 Å². The van der Waals surface area contributed by atoms with Crippen LogP contribution in [-0.2, 0) is 9.47 Å². The van der Waals surface area contributed by atoms with Gasteiger partial charge in [-0.15, -0.1) is 0 Å². The molecule has 5 aliphatic rings. The Labute approximate surface area is 91.3 Å². The molecule has 1 spiro atoms. The maximum absolute atomic E-state index is 6.21. The Morgan fingerprint density at radius 1 is 1.20 bits per heavy atom. The van der Waals surface area contributed by atoms with Crippen molar-refractivity contribution in [1.82, 2.24) is 0 Å². The number of rotatable bonds is 1. The third-order valence-corrected chi connectivity index (χ3v) is 5.72. The molecule has 7 atom stereocenters. The first-order chi connectivity index (χ1) is 7.26. The molecule has 0 N–H and O–H groups in total. The van der Waals surface area contributed by atoms with Crippen molar-refractivity contribution in [1.29, 1.82) is 0 Å². The molecule has 3 saturated carbocycles. The van der Waals surface area contributed by atoms with E-state index in [9.17, 15) is 0 Å². The Morgan fingerprint density at radius 2 is 2.07 bits per heavy atom. The summed E-state index contributed by atoms with van der Waals surface area (Å²) in [7, 11) is 1.89. The number of hydrogen-bond donors (Lipinski definition) is 0. The average Bonchev–Trinajstić information content (AvgIpc) is 2.85. The van der Waals surface area contributed by atoms with E-state index < -0.39 is 0 Å². The van der Waals surface area contributed by atoms with Gasteiger partial charge >= 0.3 is 0 Å². The van der Waals surface area contributed by atoms with Gasteiger partial charge in [0.15, 0.2) is 0 Å². The molecule has 2 heterocycles. The van der Waals surface area contributed by atoms with E-state index >= 15 is 0 Å². The van der Waals surface area contributed by atoms with Crippen LogP contribution in [0.15, 0.2) is 0 Å². The molecule has 0 amide bonds. The molecule has 0 radical (unpaired) electrons. The Balaban J connectivity index is 1.68. The molecule has 7 unspecified atom stereocenters. The van der Waals surface area contributed by atoms with E-state index in [2.05, 4.69) is 6.92 Å². The van der Waals surface area contributed by atoms with Crippen molar-refractivity contribution in [3.05, 3.63) is 0 Å². The lowest BCUT2D eigenvalue weighted by Crippen LogP contribution is -2.59. The SMILES string of the molecule is COC1C(C)CCC2OC3CC4(CC34)C21. The Hall–Kier alpha value is -0.0800. The quantitative estimate of drug-likeness (QED) is 0.658. The largest absolute Gasteiger partial charge is 0.381 e. The van der Waals surface area contributed by atoms with Crippen LogP contribution in [0.1, 0.15) is 32.6 Å². The van der Waals surface area contributed by atoms with E-state index in [0.29, 0.717) is 23.7 Å². The van der Waals surface area contributed by atoms with E-state index in [1.807, 2.05) is 7.11 Å². The molecule has 2 heteroatoms. The summed E-state index contributed by atoms with van der Waals surface area (Å²) in [6.45, 7) is 2.35. The van der Waals surface area contributed by atoms with Gasteiger partial charge in [0.25, 0.3) is 0 Å². The van der Waals surface area contributed by atoms with Gasteiger partial charge in [-0.3, -0.25) is 0 Å². The van der Waals surface area contributed by atoms with E-state index in [4.69, 9.17) is 9.47 Å². The van der Waals surface area contributed by atoms with Gasteiger partial charge in [-0.1, -0.05) is 6.92 Å². The molecule has 2 bridgehead atoms. The van der Waals surface area contributed by atoms with Gasteiger partial charge < -0.3 is 9.47 Å². The fourth-order valence-electron chi connectivity index (χ4n) is 4.90. The zero-order valence-corrected chi connectivity index (χ0v) is 9.61. The van der Waals surface area contributed by atoms with Crippen LogP contribution in [0, 0.1) is 23.2 Å². The minimum absolute atomic E-state index is 0.468. The molecular weight excluding hydrogens is 188 g/mol. The standard InChI is InChI=1S/C13H20O2/c1-7-3-4-9-11(12(7)14-2)13-5-8(13)10(6-13)15-9/h7-12H,3-6H2,1-2H3. The van der Waals surface area contributed by atoms with E-state index in [-0.39, 0.29) is 0 Å². The van der Waals surface area contributed by atoms with Crippen LogP contribution in [0.5, 0.6) is 0 Å². The molecule has 15 heavy (non-hydrogen) atoms. The fourth-order valence-corrected chi connectivity index (χ4v) is 4.90. The Morgan fingerprint density at radius 3 is 2.80 bits per heavy atom. The maximum Gasteiger partial charge on any atom is 0.0655 e. The minimum Gasteiger partial charge on any atom is -0.381 e. The van der Waals surface area contributed by atoms with Crippen LogP contribution in [0.4, 0.5) is 0 Å². The highest BCUT2D eigenvalue weighted by Gasteiger charge is 2.77. The molecule has 0 aromatic rings. The normalized spacial score (nSPS) is 65.2. The van der Waals surface area contributed by atoms with Crippen molar-refractivity contribution < 1.29 is 9.47 Å². The zero-order chi connectivity index (χ0) is 10.2. The summed E-state index contributed by atoms with van der Waals surface area (Å²) in [5, 5.41) is 0. The summed E-state index contributed by atoms with van der Waals surface area (Å²) in [6, 6.07) is 0. The monoisotopic (exact) mass is 208 g/mol. The molecule has 2 saturated heterocycles. The molecule has 2 nitrogen and oxygen atoms in total. The van der Waals surface area contributed by atoms with Gasteiger partial charge in [0.1, 0.15) is 0 Å². The van der Waals surface area contributed by atoms with Crippen LogP contribution in [-0.4, -0.2) is 25.4 Å². The molecule has 2 aliphatic heterocycles. The van der Waals surface area contributed by atoms with Gasteiger partial charge in [-0.25, -0.2) is 0 Å². The van der Waals surface area contributed by atoms with Gasteiger partial charge in [0.2, 0.25) is 0 Å². The van der Waals surface area contributed by atoms with Crippen molar-refractivity contribution in [2.75, 3.05) is 7.11 Å². The summed E-state index contributed by atoms with van der Waals surface area (Å²) >= 11 is 0. The van der Waals surface area contributed by atoms with Gasteiger partial charge in [-0.2, -0.15) is 0 Å². The second-order valence-corrected chi connectivity index (χ2v) is 6.24. The first-order valence-corrected chi connectivity index (χ1v) is 6.44. The zero-order valence-electron chi connectivity index (χ0n) is 9.61.